The summed E-state index contributed by atoms with van der Waals surface area (Å²) in [5.41, 5.74) is 0.371. The maximum Gasteiger partial charge on any atom is 0.416 e. The van der Waals surface area contributed by atoms with Crippen LogP contribution >= 0.6 is 0 Å². The third-order valence-corrected chi connectivity index (χ3v) is 3.60. The molecule has 5 nitrogen and oxygen atoms in total. The van der Waals surface area contributed by atoms with Crippen LogP contribution in [0.1, 0.15) is 16.7 Å². The molecule has 0 aliphatic carbocycles. The molecule has 0 spiro atoms. The van der Waals surface area contributed by atoms with E-state index in [4.69, 9.17) is 0 Å². The van der Waals surface area contributed by atoms with E-state index < -0.39 is 22.4 Å². The first-order valence-corrected chi connectivity index (χ1v) is 7.49. The van der Waals surface area contributed by atoms with Gasteiger partial charge < -0.3 is 10.2 Å². The second-order valence-corrected chi connectivity index (χ2v) is 5.85. The number of hydrogen-bond donors (Lipinski definition) is 1. The molecule has 0 amide bonds. The summed E-state index contributed by atoms with van der Waals surface area (Å²) in [5.74, 6) is 0. The molecule has 0 bridgehead atoms. The van der Waals surface area contributed by atoms with E-state index in [0.717, 1.165) is 23.3 Å². The molecule has 0 aromatic heterocycles. The predicted molar refractivity (Wildman–Crippen MR) is 89.3 cm³/mol. The normalized spacial score (nSPS) is 11.6. The summed E-state index contributed by atoms with van der Waals surface area (Å²) in [6.45, 7) is 0.961. The first-order chi connectivity index (χ1) is 11.7. The molecule has 2 aromatic carbocycles. The monoisotopic (exact) mass is 353 g/mol. The molecule has 0 aliphatic heterocycles. The van der Waals surface area contributed by atoms with Gasteiger partial charge in [-0.3, -0.25) is 10.1 Å². The maximum atomic E-state index is 12.7. The Balaban J connectivity index is 2.25. The highest BCUT2D eigenvalue weighted by Crippen LogP contribution is 2.35. The van der Waals surface area contributed by atoms with Gasteiger partial charge in [-0.1, -0.05) is 24.3 Å². The van der Waals surface area contributed by atoms with Gasteiger partial charge in [0, 0.05) is 19.2 Å². The van der Waals surface area contributed by atoms with Crippen LogP contribution in [0.4, 0.5) is 24.5 Å². The first-order valence-electron chi connectivity index (χ1n) is 7.49. The molecule has 2 rings (SSSR count). The number of nitro groups is 1. The molecule has 0 radical (unpaired) electrons. The summed E-state index contributed by atoms with van der Waals surface area (Å²) < 4.78 is 38.2. The number of nitrogens with one attached hydrogen (secondary N) is 1. The van der Waals surface area contributed by atoms with E-state index >= 15 is 0 Å². The molecule has 0 heterocycles. The van der Waals surface area contributed by atoms with Gasteiger partial charge in [0.25, 0.3) is 5.69 Å². The number of hydrogen-bond acceptors (Lipinski definition) is 4. The van der Waals surface area contributed by atoms with Gasteiger partial charge in [-0.2, -0.15) is 13.2 Å². The van der Waals surface area contributed by atoms with Crippen LogP contribution in [0.5, 0.6) is 0 Å². The number of anilines is 1. The van der Waals surface area contributed by atoms with Crippen molar-refractivity contribution in [2.24, 2.45) is 0 Å². The van der Waals surface area contributed by atoms with Gasteiger partial charge in [-0.25, -0.2) is 0 Å². The van der Waals surface area contributed by atoms with Crippen molar-refractivity contribution >= 4 is 11.4 Å². The fourth-order valence-corrected chi connectivity index (χ4v) is 2.42. The van der Waals surface area contributed by atoms with E-state index in [1.165, 1.54) is 0 Å². The number of rotatable bonds is 6. The number of benzene rings is 2. The average Bonchev–Trinajstić information content (AvgIpc) is 2.52. The molecule has 0 saturated heterocycles. The fraction of sp³-hybridized carbons (Fsp3) is 0.294. The highest BCUT2D eigenvalue weighted by atomic mass is 19.4. The highest BCUT2D eigenvalue weighted by molar-refractivity contribution is 5.63. The molecule has 0 aliphatic rings. The summed E-state index contributed by atoms with van der Waals surface area (Å²) in [6, 6.07) is 10.0. The first kappa shape index (κ1) is 18.7. The molecule has 0 fully saturated rings. The summed E-state index contributed by atoms with van der Waals surface area (Å²) in [5, 5.41) is 14.0. The quantitative estimate of drug-likeness (QED) is 0.622. The molecular weight excluding hydrogens is 335 g/mol. The van der Waals surface area contributed by atoms with E-state index in [2.05, 4.69) is 5.32 Å². The van der Waals surface area contributed by atoms with Crippen LogP contribution in [0.2, 0.25) is 0 Å². The van der Waals surface area contributed by atoms with Crippen molar-refractivity contribution < 1.29 is 18.1 Å². The Labute approximate surface area is 143 Å². The third-order valence-electron chi connectivity index (χ3n) is 3.60. The summed E-state index contributed by atoms with van der Waals surface area (Å²) in [7, 11) is 3.84. The largest absolute Gasteiger partial charge is 0.416 e. The molecular formula is C17H18F3N3O2. The molecule has 134 valence electrons. The van der Waals surface area contributed by atoms with Crippen LogP contribution in [0, 0.1) is 10.1 Å². The minimum atomic E-state index is -4.62. The molecule has 0 atom stereocenters. The van der Waals surface area contributed by atoms with Crippen molar-refractivity contribution in [1.29, 1.82) is 0 Å². The van der Waals surface area contributed by atoms with Gasteiger partial charge in [0.15, 0.2) is 0 Å². The number of alkyl halides is 3. The predicted octanol–water partition coefficient (Wildman–Crippen LogP) is 4.29. The molecule has 8 heteroatoms. The van der Waals surface area contributed by atoms with Crippen molar-refractivity contribution in [2.75, 3.05) is 19.4 Å². The van der Waals surface area contributed by atoms with Crippen molar-refractivity contribution in [2.45, 2.75) is 19.3 Å². The van der Waals surface area contributed by atoms with E-state index in [1.54, 1.807) is 0 Å². The van der Waals surface area contributed by atoms with E-state index in [9.17, 15) is 23.3 Å². The minimum absolute atomic E-state index is 0.0534. The fourth-order valence-electron chi connectivity index (χ4n) is 2.42. The van der Waals surface area contributed by atoms with Gasteiger partial charge in [0.05, 0.1) is 10.5 Å². The topological polar surface area (TPSA) is 58.4 Å². The Hall–Kier alpha value is -2.61. The average molecular weight is 353 g/mol. The Morgan fingerprint density at radius 3 is 2.32 bits per heavy atom. The van der Waals surface area contributed by atoms with Crippen molar-refractivity contribution in [3.8, 4) is 0 Å². The van der Waals surface area contributed by atoms with Crippen LogP contribution in [0.25, 0.3) is 0 Å². The lowest BCUT2D eigenvalue weighted by Crippen LogP contribution is -2.14. The van der Waals surface area contributed by atoms with E-state index in [1.807, 2.05) is 43.3 Å². The minimum Gasteiger partial charge on any atom is -0.375 e. The lowest BCUT2D eigenvalue weighted by molar-refractivity contribution is -0.384. The van der Waals surface area contributed by atoms with Gasteiger partial charge in [-0.05, 0) is 37.4 Å². The van der Waals surface area contributed by atoms with Crippen molar-refractivity contribution in [1.82, 2.24) is 4.90 Å². The standard InChI is InChI=1S/C17H18F3N3O2/c1-22(2)11-13-6-4-3-5-12(13)10-21-15-8-7-14(17(18,19)20)9-16(15)23(24)25/h3-9,21H,10-11H2,1-2H3. The molecule has 1 N–H and O–H groups in total. The van der Waals surface area contributed by atoms with Crippen molar-refractivity contribution in [3.05, 3.63) is 69.3 Å². The van der Waals surface area contributed by atoms with Crippen LogP contribution in [0.15, 0.2) is 42.5 Å². The Bertz CT molecular complexity index is 761. The summed E-state index contributed by atoms with van der Waals surface area (Å²) in [6.07, 6.45) is -4.62. The number of nitrogens with zero attached hydrogens (tertiary/aromatic N) is 2. The molecule has 25 heavy (non-hydrogen) atoms. The van der Waals surface area contributed by atoms with E-state index in [0.29, 0.717) is 12.6 Å². The van der Waals surface area contributed by atoms with Crippen LogP contribution in [-0.2, 0) is 19.3 Å². The number of halogens is 3. The Kier molecular flexibility index (Phi) is 5.63. The van der Waals surface area contributed by atoms with Crippen LogP contribution < -0.4 is 5.32 Å². The SMILES string of the molecule is CN(C)Cc1ccccc1CNc1ccc(C(F)(F)F)cc1[N+](=O)[O-]. The molecule has 0 unspecified atom stereocenters. The summed E-state index contributed by atoms with van der Waals surface area (Å²) in [4.78, 5) is 12.3. The lowest BCUT2D eigenvalue weighted by atomic mass is 10.1. The zero-order chi connectivity index (χ0) is 18.6. The van der Waals surface area contributed by atoms with Gasteiger partial charge in [0.1, 0.15) is 5.69 Å². The second-order valence-electron chi connectivity index (χ2n) is 5.85. The van der Waals surface area contributed by atoms with Gasteiger partial charge in [0.2, 0.25) is 0 Å². The zero-order valence-corrected chi connectivity index (χ0v) is 13.8. The van der Waals surface area contributed by atoms with Crippen LogP contribution in [-0.4, -0.2) is 23.9 Å². The summed E-state index contributed by atoms with van der Waals surface area (Å²) >= 11 is 0. The van der Waals surface area contributed by atoms with E-state index in [-0.39, 0.29) is 12.2 Å². The zero-order valence-electron chi connectivity index (χ0n) is 13.8. The molecule has 2 aromatic rings. The third kappa shape index (κ3) is 4.93. The highest BCUT2D eigenvalue weighted by Gasteiger charge is 2.33. The lowest BCUT2D eigenvalue weighted by Gasteiger charge is -2.15. The van der Waals surface area contributed by atoms with Gasteiger partial charge in [-0.15, -0.1) is 0 Å². The van der Waals surface area contributed by atoms with Crippen molar-refractivity contribution in [3.63, 3.8) is 0 Å². The Morgan fingerprint density at radius 1 is 1.12 bits per heavy atom. The second kappa shape index (κ2) is 7.52. The smallest absolute Gasteiger partial charge is 0.375 e. The number of nitro benzene ring substituents is 1. The maximum absolute atomic E-state index is 12.7. The Morgan fingerprint density at radius 2 is 1.76 bits per heavy atom. The molecule has 0 saturated carbocycles. The van der Waals surface area contributed by atoms with Crippen LogP contribution in [0.3, 0.4) is 0 Å². The van der Waals surface area contributed by atoms with Gasteiger partial charge >= 0.3 is 6.18 Å².